The van der Waals surface area contributed by atoms with Gasteiger partial charge in [-0.05, 0) is 34.4 Å². The Bertz CT molecular complexity index is 1680. The molecular weight excluding hydrogens is 586 g/mol. The minimum atomic E-state index is -0.366. The second-order valence-corrected chi connectivity index (χ2v) is 9.81. The van der Waals surface area contributed by atoms with Crippen molar-refractivity contribution >= 4 is 29.5 Å². The lowest BCUT2D eigenvalue weighted by Gasteiger charge is -2.25. The highest BCUT2D eigenvalue weighted by molar-refractivity contribution is 5.85. The van der Waals surface area contributed by atoms with Crippen LogP contribution in [0.1, 0.15) is 18.2 Å². The lowest BCUT2D eigenvalue weighted by Crippen LogP contribution is -2.41. The lowest BCUT2D eigenvalue weighted by atomic mass is 9.98. The summed E-state index contributed by atoms with van der Waals surface area (Å²) in [5.41, 5.74) is 6.16. The van der Waals surface area contributed by atoms with Gasteiger partial charge in [0.2, 0.25) is 11.7 Å². The first-order valence-electron chi connectivity index (χ1n) is 14.2. The number of aromatic amines is 1. The van der Waals surface area contributed by atoms with Crippen LogP contribution in [-0.2, 0) is 22.5 Å². The molecular formula is C31H32ClN7O5. The number of carbonyl (C=O) groups is 1. The summed E-state index contributed by atoms with van der Waals surface area (Å²) >= 11 is 0. The normalized spacial score (nSPS) is 12.9. The third kappa shape index (κ3) is 7.21. The molecule has 2 aromatic carbocycles. The zero-order chi connectivity index (χ0) is 29.4. The highest BCUT2D eigenvalue weighted by Gasteiger charge is 2.18. The van der Waals surface area contributed by atoms with Crippen LogP contribution in [0.25, 0.3) is 33.5 Å². The van der Waals surface area contributed by atoms with Crippen LogP contribution in [0.5, 0.6) is 11.6 Å². The number of tetrazole rings is 1. The maximum atomic E-state index is 12.2. The highest BCUT2D eigenvalue weighted by atomic mass is 35.5. The van der Waals surface area contributed by atoms with Gasteiger partial charge in [-0.2, -0.15) is 5.21 Å². The van der Waals surface area contributed by atoms with Gasteiger partial charge < -0.3 is 23.8 Å². The minimum absolute atomic E-state index is 0. The van der Waals surface area contributed by atoms with Crippen LogP contribution >= 0.6 is 12.4 Å². The molecule has 44 heavy (non-hydrogen) atoms. The second-order valence-electron chi connectivity index (χ2n) is 9.81. The molecule has 13 heteroatoms. The van der Waals surface area contributed by atoms with Gasteiger partial charge in [0.15, 0.2) is 0 Å². The number of nitrogens with one attached hydrogen (secondary N) is 1. The Morgan fingerprint density at radius 2 is 1.75 bits per heavy atom. The van der Waals surface area contributed by atoms with Gasteiger partial charge in [-0.25, -0.2) is 9.78 Å². The summed E-state index contributed by atoms with van der Waals surface area (Å²) in [5, 5.41) is 14.5. The summed E-state index contributed by atoms with van der Waals surface area (Å²) < 4.78 is 22.7. The van der Waals surface area contributed by atoms with Crippen molar-refractivity contribution in [1.82, 2.24) is 35.5 Å². The van der Waals surface area contributed by atoms with Gasteiger partial charge in [-0.1, -0.05) is 55.5 Å². The molecule has 1 aliphatic heterocycles. The molecule has 0 bridgehead atoms. The van der Waals surface area contributed by atoms with Crippen molar-refractivity contribution in [3.8, 4) is 34.1 Å². The van der Waals surface area contributed by atoms with Gasteiger partial charge in [0, 0.05) is 36.5 Å². The van der Waals surface area contributed by atoms with Crippen molar-refractivity contribution in [3.05, 3.63) is 78.0 Å². The quantitative estimate of drug-likeness (QED) is 0.216. The third-order valence-electron chi connectivity index (χ3n) is 7.01. The number of nitrogens with zero attached hydrogens (tertiary/aromatic N) is 6. The summed E-state index contributed by atoms with van der Waals surface area (Å²) in [6, 6.07) is 21.6. The van der Waals surface area contributed by atoms with Crippen LogP contribution in [0.15, 0.2) is 66.7 Å². The Kier molecular flexibility index (Phi) is 10.2. The third-order valence-corrected chi connectivity index (χ3v) is 7.01. The van der Waals surface area contributed by atoms with E-state index in [0.29, 0.717) is 61.4 Å². The maximum absolute atomic E-state index is 12.2. The highest BCUT2D eigenvalue weighted by Crippen LogP contribution is 2.31. The van der Waals surface area contributed by atoms with Gasteiger partial charge in [0.25, 0.3) is 0 Å². The van der Waals surface area contributed by atoms with E-state index in [-0.39, 0.29) is 31.7 Å². The largest absolute Gasteiger partial charge is 0.486 e. The molecule has 3 aromatic heterocycles. The van der Waals surface area contributed by atoms with Gasteiger partial charge in [-0.3, -0.25) is 4.98 Å². The zero-order valence-electron chi connectivity index (χ0n) is 24.1. The van der Waals surface area contributed by atoms with Crippen LogP contribution in [-0.4, -0.2) is 81.1 Å². The number of aryl methyl sites for hydroxylation is 1. The molecule has 0 atom stereocenters. The van der Waals surface area contributed by atoms with E-state index in [2.05, 4.69) is 37.7 Å². The Hall–Kier alpha value is -4.81. The molecule has 1 aliphatic rings. The van der Waals surface area contributed by atoms with Crippen molar-refractivity contribution in [1.29, 1.82) is 0 Å². The van der Waals surface area contributed by atoms with Crippen LogP contribution < -0.4 is 9.47 Å². The molecule has 1 N–H and O–H groups in total. The SMILES string of the molecule is CCc1cc(OCc2ccc(-c3ccccc3-c3nn[nH]n3)cc2)c2nc(OCCOC(=O)N3CCOCC3)ccc2n1.Cl. The van der Waals surface area contributed by atoms with Crippen LogP contribution in [0.3, 0.4) is 0 Å². The lowest BCUT2D eigenvalue weighted by molar-refractivity contribution is 0.0238. The van der Waals surface area contributed by atoms with E-state index in [1.165, 1.54) is 0 Å². The van der Waals surface area contributed by atoms with Crippen molar-refractivity contribution in [2.75, 3.05) is 39.5 Å². The topological polar surface area (TPSA) is 137 Å². The van der Waals surface area contributed by atoms with Crippen LogP contribution in [0, 0.1) is 0 Å². The fourth-order valence-electron chi connectivity index (χ4n) is 4.74. The molecule has 0 spiro atoms. The van der Waals surface area contributed by atoms with Crippen LogP contribution in [0.2, 0.25) is 0 Å². The minimum Gasteiger partial charge on any atom is -0.486 e. The summed E-state index contributed by atoms with van der Waals surface area (Å²) in [7, 11) is 0. The number of H-pyrrole nitrogens is 1. The number of halogens is 1. The number of carbonyl (C=O) groups excluding carboxylic acids is 1. The van der Waals surface area contributed by atoms with E-state index in [1.54, 1.807) is 11.0 Å². The summed E-state index contributed by atoms with van der Waals surface area (Å²) in [6.07, 6.45) is 0.391. The molecule has 228 valence electrons. The first kappa shape index (κ1) is 30.6. The first-order chi connectivity index (χ1) is 21.2. The Labute approximate surface area is 260 Å². The second kappa shape index (κ2) is 14.6. The van der Waals surface area contributed by atoms with E-state index < -0.39 is 0 Å². The van der Waals surface area contributed by atoms with E-state index >= 15 is 0 Å². The molecule has 6 rings (SSSR count). The summed E-state index contributed by atoms with van der Waals surface area (Å²) in [6.45, 7) is 4.78. The average Bonchev–Trinajstić information content (AvgIpc) is 3.61. The number of ether oxygens (including phenoxy) is 4. The summed E-state index contributed by atoms with van der Waals surface area (Å²) in [5.74, 6) is 1.57. The van der Waals surface area contributed by atoms with Gasteiger partial charge in [0.1, 0.15) is 31.1 Å². The number of rotatable bonds is 10. The number of morpholine rings is 1. The molecule has 1 fully saturated rings. The Balaban J connectivity index is 0.00000384. The predicted molar refractivity (Wildman–Crippen MR) is 165 cm³/mol. The van der Waals surface area contributed by atoms with Crippen molar-refractivity contribution in [3.63, 3.8) is 0 Å². The molecule has 1 amide bonds. The molecule has 0 aliphatic carbocycles. The first-order valence-corrected chi connectivity index (χ1v) is 14.2. The smallest absolute Gasteiger partial charge is 0.410 e. The van der Waals surface area contributed by atoms with Gasteiger partial charge >= 0.3 is 6.09 Å². The van der Waals surface area contributed by atoms with E-state index in [0.717, 1.165) is 34.4 Å². The van der Waals surface area contributed by atoms with Crippen LogP contribution in [0.4, 0.5) is 4.79 Å². The number of fused-ring (bicyclic) bond motifs is 1. The molecule has 0 saturated carbocycles. The predicted octanol–water partition coefficient (Wildman–Crippen LogP) is 4.89. The van der Waals surface area contributed by atoms with E-state index in [1.807, 2.05) is 55.5 Å². The molecule has 0 unspecified atom stereocenters. The number of hydrogen-bond acceptors (Lipinski definition) is 10. The van der Waals surface area contributed by atoms with Gasteiger partial charge in [0.05, 0.1) is 18.7 Å². The van der Waals surface area contributed by atoms with Crippen molar-refractivity contribution < 1.29 is 23.7 Å². The van der Waals surface area contributed by atoms with E-state index in [9.17, 15) is 4.79 Å². The molecule has 0 radical (unpaired) electrons. The number of amides is 1. The maximum Gasteiger partial charge on any atom is 0.410 e. The van der Waals surface area contributed by atoms with Crippen molar-refractivity contribution in [2.45, 2.75) is 20.0 Å². The Morgan fingerprint density at radius 3 is 2.50 bits per heavy atom. The fraction of sp³-hybridized carbons (Fsp3) is 0.290. The number of benzene rings is 2. The van der Waals surface area contributed by atoms with E-state index in [4.69, 9.17) is 23.9 Å². The molecule has 1 saturated heterocycles. The molecule has 5 aromatic rings. The zero-order valence-corrected chi connectivity index (χ0v) is 25.0. The summed E-state index contributed by atoms with van der Waals surface area (Å²) in [4.78, 5) is 23.2. The Morgan fingerprint density at radius 1 is 0.955 bits per heavy atom. The average molecular weight is 618 g/mol. The fourth-order valence-corrected chi connectivity index (χ4v) is 4.74. The number of aromatic nitrogens is 6. The standard InChI is InChI=1S/C31H31N7O5.ClH/c1-2-23-19-27(29-26(32-23)11-12-28(33-29)41-17-18-42-31(39)38-13-15-40-16-14-38)43-20-21-7-9-22(10-8-21)24-5-3-4-6-25(24)30-34-36-37-35-30;/h3-12,19H,2,13-18,20H2,1H3,(H,34,35,36,37);1H. The molecule has 12 nitrogen and oxygen atoms in total. The van der Waals surface area contributed by atoms with Crippen molar-refractivity contribution in [2.24, 2.45) is 0 Å². The monoisotopic (exact) mass is 617 g/mol. The number of pyridine rings is 2. The van der Waals surface area contributed by atoms with Gasteiger partial charge in [-0.15, -0.1) is 22.6 Å². The number of hydrogen-bond donors (Lipinski definition) is 1. The molecule has 4 heterocycles.